The second-order valence-electron chi connectivity index (χ2n) is 5.55. The molecule has 2 heterocycles. The molecule has 4 nitrogen and oxygen atoms in total. The smallest absolute Gasteiger partial charge is 0.138 e. The molecule has 0 fully saturated rings. The van der Waals surface area contributed by atoms with Gasteiger partial charge in [-0.15, -0.1) is 0 Å². The third kappa shape index (κ3) is 2.36. The highest BCUT2D eigenvalue weighted by Gasteiger charge is 2.12. The Bertz CT molecular complexity index is 724. The lowest BCUT2D eigenvalue weighted by molar-refractivity contribution is 0.392. The molecular weight excluding hydrogens is 262 g/mol. The molecule has 21 heavy (non-hydrogen) atoms. The van der Waals surface area contributed by atoms with Crippen molar-refractivity contribution in [1.29, 1.82) is 0 Å². The van der Waals surface area contributed by atoms with Crippen molar-refractivity contribution in [3.8, 4) is 0 Å². The summed E-state index contributed by atoms with van der Waals surface area (Å²) < 4.78 is 7.47. The lowest BCUT2D eigenvalue weighted by Crippen LogP contribution is -2.16. The number of para-hydroxylation sites is 1. The Morgan fingerprint density at radius 2 is 1.90 bits per heavy atom. The van der Waals surface area contributed by atoms with E-state index in [-0.39, 0.29) is 0 Å². The summed E-state index contributed by atoms with van der Waals surface area (Å²) in [5.74, 6) is 0.897. The van der Waals surface area contributed by atoms with Crippen LogP contribution >= 0.6 is 0 Å². The zero-order valence-electron chi connectivity index (χ0n) is 13.0. The van der Waals surface area contributed by atoms with E-state index >= 15 is 0 Å². The van der Waals surface area contributed by atoms with Crippen LogP contribution in [-0.2, 0) is 20.1 Å². The van der Waals surface area contributed by atoms with Gasteiger partial charge in [-0.25, -0.2) is 0 Å². The Morgan fingerprint density at radius 3 is 2.57 bits per heavy atom. The molecule has 0 aliphatic carbocycles. The first-order chi connectivity index (χ1) is 10.1. The molecule has 0 spiro atoms. The quantitative estimate of drug-likeness (QED) is 0.798. The molecule has 2 aromatic heterocycles. The molecule has 0 aliphatic rings. The normalized spacial score (nSPS) is 11.4. The largest absolute Gasteiger partial charge is 0.361 e. The molecule has 1 N–H and O–H groups in total. The summed E-state index contributed by atoms with van der Waals surface area (Å²) in [7, 11) is 2.13. The highest BCUT2D eigenvalue weighted by atomic mass is 16.5. The molecule has 110 valence electrons. The van der Waals surface area contributed by atoms with Crippen LogP contribution in [0, 0.1) is 20.8 Å². The van der Waals surface area contributed by atoms with Gasteiger partial charge in [0.05, 0.1) is 5.69 Å². The van der Waals surface area contributed by atoms with Gasteiger partial charge in [0.25, 0.3) is 0 Å². The van der Waals surface area contributed by atoms with E-state index in [1.165, 1.54) is 22.2 Å². The lowest BCUT2D eigenvalue weighted by Gasteiger charge is -2.08. The molecule has 4 heteroatoms. The number of aromatic nitrogens is 2. The fourth-order valence-corrected chi connectivity index (χ4v) is 2.95. The predicted octanol–water partition coefficient (Wildman–Crippen LogP) is 3.38. The van der Waals surface area contributed by atoms with Crippen molar-refractivity contribution < 1.29 is 4.52 Å². The zero-order valence-corrected chi connectivity index (χ0v) is 13.0. The Kier molecular flexibility index (Phi) is 3.55. The fourth-order valence-electron chi connectivity index (χ4n) is 2.95. The summed E-state index contributed by atoms with van der Waals surface area (Å²) in [6, 6.07) is 8.53. The topological polar surface area (TPSA) is 43.0 Å². The maximum atomic E-state index is 5.20. The highest BCUT2D eigenvalue weighted by Crippen LogP contribution is 2.24. The van der Waals surface area contributed by atoms with Crippen LogP contribution in [0.2, 0.25) is 0 Å². The molecule has 3 rings (SSSR count). The van der Waals surface area contributed by atoms with Gasteiger partial charge in [-0.1, -0.05) is 23.4 Å². The summed E-state index contributed by atoms with van der Waals surface area (Å²) in [4.78, 5) is 0. The minimum atomic E-state index is 0.780. The van der Waals surface area contributed by atoms with Crippen LogP contribution in [0.25, 0.3) is 10.9 Å². The van der Waals surface area contributed by atoms with Crippen molar-refractivity contribution in [1.82, 2.24) is 15.0 Å². The van der Waals surface area contributed by atoms with Gasteiger partial charge in [0.1, 0.15) is 5.76 Å². The Hall–Kier alpha value is -2.07. The molecule has 0 aliphatic heterocycles. The summed E-state index contributed by atoms with van der Waals surface area (Å²) in [6.07, 6.45) is 0. The number of aryl methyl sites for hydroxylation is 4. The van der Waals surface area contributed by atoms with Crippen LogP contribution in [0.3, 0.4) is 0 Å². The number of nitrogens with zero attached hydrogens (tertiary/aromatic N) is 2. The number of rotatable bonds is 4. The lowest BCUT2D eigenvalue weighted by atomic mass is 10.1. The molecular formula is C17H21N3O. The van der Waals surface area contributed by atoms with E-state index in [0.717, 1.165) is 30.1 Å². The van der Waals surface area contributed by atoms with Gasteiger partial charge in [0.2, 0.25) is 0 Å². The molecule has 3 aromatic rings. The van der Waals surface area contributed by atoms with E-state index in [4.69, 9.17) is 4.52 Å². The van der Waals surface area contributed by atoms with Gasteiger partial charge < -0.3 is 14.4 Å². The van der Waals surface area contributed by atoms with E-state index in [2.05, 4.69) is 53.3 Å². The van der Waals surface area contributed by atoms with Crippen molar-refractivity contribution >= 4 is 10.9 Å². The Balaban J connectivity index is 1.80. The molecule has 0 bridgehead atoms. The van der Waals surface area contributed by atoms with E-state index in [1.807, 2.05) is 13.8 Å². The number of nitrogens with one attached hydrogen (secondary N) is 1. The highest BCUT2D eigenvalue weighted by molar-refractivity contribution is 5.85. The first-order valence-electron chi connectivity index (χ1n) is 7.25. The monoisotopic (exact) mass is 283 g/mol. The van der Waals surface area contributed by atoms with Crippen LogP contribution in [0.4, 0.5) is 0 Å². The second kappa shape index (κ2) is 5.37. The molecule has 0 atom stereocenters. The maximum absolute atomic E-state index is 5.20. The number of benzene rings is 1. The minimum Gasteiger partial charge on any atom is -0.361 e. The third-order valence-corrected chi connectivity index (χ3v) is 4.28. The number of hydrogen-bond acceptors (Lipinski definition) is 3. The zero-order chi connectivity index (χ0) is 15.0. The summed E-state index contributed by atoms with van der Waals surface area (Å²) in [5.41, 5.74) is 6.08. The van der Waals surface area contributed by atoms with Gasteiger partial charge in [-0.3, -0.25) is 0 Å². The second-order valence-corrected chi connectivity index (χ2v) is 5.55. The molecule has 1 aromatic carbocycles. The van der Waals surface area contributed by atoms with Gasteiger partial charge in [0.15, 0.2) is 0 Å². The van der Waals surface area contributed by atoms with E-state index in [9.17, 15) is 0 Å². The van der Waals surface area contributed by atoms with Crippen molar-refractivity contribution in [2.45, 2.75) is 33.9 Å². The van der Waals surface area contributed by atoms with Crippen LogP contribution < -0.4 is 5.32 Å². The molecule has 0 unspecified atom stereocenters. The van der Waals surface area contributed by atoms with E-state index in [0.29, 0.717) is 0 Å². The Labute approximate surface area is 124 Å². The summed E-state index contributed by atoms with van der Waals surface area (Å²) >= 11 is 0. The van der Waals surface area contributed by atoms with Gasteiger partial charge in [0, 0.05) is 42.3 Å². The summed E-state index contributed by atoms with van der Waals surface area (Å²) in [5, 5.41) is 8.83. The van der Waals surface area contributed by atoms with E-state index < -0.39 is 0 Å². The maximum Gasteiger partial charge on any atom is 0.138 e. The van der Waals surface area contributed by atoms with E-state index in [1.54, 1.807) is 0 Å². The predicted molar refractivity (Wildman–Crippen MR) is 84.2 cm³/mol. The molecule has 0 amide bonds. The molecule has 0 radical (unpaired) electrons. The first-order valence-corrected chi connectivity index (χ1v) is 7.25. The summed E-state index contributed by atoms with van der Waals surface area (Å²) in [6.45, 7) is 7.74. The third-order valence-electron chi connectivity index (χ3n) is 4.28. The SMILES string of the molecule is Cc1noc(C)c1CNCc1c(C)c2ccccc2n1C. The number of hydrogen-bond donors (Lipinski definition) is 1. The minimum absolute atomic E-state index is 0.780. The average molecular weight is 283 g/mol. The van der Waals surface area contributed by atoms with Crippen molar-refractivity contribution in [3.63, 3.8) is 0 Å². The average Bonchev–Trinajstić information content (AvgIpc) is 2.93. The number of fused-ring (bicyclic) bond motifs is 1. The van der Waals surface area contributed by atoms with Gasteiger partial charge in [-0.2, -0.15) is 0 Å². The van der Waals surface area contributed by atoms with Crippen molar-refractivity contribution in [2.24, 2.45) is 7.05 Å². The van der Waals surface area contributed by atoms with Gasteiger partial charge >= 0.3 is 0 Å². The first kappa shape index (κ1) is 13.9. The van der Waals surface area contributed by atoms with Crippen LogP contribution in [0.5, 0.6) is 0 Å². The fraction of sp³-hybridized carbons (Fsp3) is 0.353. The van der Waals surface area contributed by atoms with Crippen LogP contribution in [0.15, 0.2) is 28.8 Å². The Morgan fingerprint density at radius 1 is 1.14 bits per heavy atom. The standard InChI is InChI=1S/C17H21N3O/c1-11-14-7-5-6-8-16(14)20(4)17(11)10-18-9-15-12(2)19-21-13(15)3/h5-8,18H,9-10H2,1-4H3. The van der Waals surface area contributed by atoms with Crippen molar-refractivity contribution in [2.75, 3.05) is 0 Å². The van der Waals surface area contributed by atoms with Crippen LogP contribution in [-0.4, -0.2) is 9.72 Å². The van der Waals surface area contributed by atoms with Crippen LogP contribution in [0.1, 0.15) is 28.3 Å². The van der Waals surface area contributed by atoms with Crippen molar-refractivity contribution in [3.05, 3.63) is 52.5 Å². The molecule has 0 saturated heterocycles. The van der Waals surface area contributed by atoms with Gasteiger partial charge in [-0.05, 0) is 32.4 Å². The molecule has 0 saturated carbocycles.